The monoisotopic (exact) mass is 406 g/mol. The van der Waals surface area contributed by atoms with Gasteiger partial charge in [-0.2, -0.15) is 0 Å². The van der Waals surface area contributed by atoms with Gasteiger partial charge in [0.1, 0.15) is 11.5 Å². The van der Waals surface area contributed by atoms with Crippen LogP contribution in [0.2, 0.25) is 0 Å². The summed E-state index contributed by atoms with van der Waals surface area (Å²) in [6.07, 6.45) is 22.3. The molecule has 1 aliphatic rings. The summed E-state index contributed by atoms with van der Waals surface area (Å²) in [5.74, 6) is 1.64. The summed E-state index contributed by atoms with van der Waals surface area (Å²) in [7, 11) is 3.27. The van der Waals surface area contributed by atoms with Crippen molar-refractivity contribution in [3.05, 3.63) is 24.3 Å². The van der Waals surface area contributed by atoms with Crippen LogP contribution < -0.4 is 9.47 Å². The maximum absolute atomic E-state index is 5.22. The molecule has 0 saturated carbocycles. The van der Waals surface area contributed by atoms with Gasteiger partial charge >= 0.3 is 0 Å². The Hall–Kier alpha value is -1.22. The molecule has 1 fully saturated rings. The predicted molar refractivity (Wildman–Crippen MR) is 124 cm³/mol. The van der Waals surface area contributed by atoms with Crippen molar-refractivity contribution in [3.63, 3.8) is 0 Å². The smallest absolute Gasteiger partial charge is 0.122 e. The van der Waals surface area contributed by atoms with Crippen LogP contribution in [0.25, 0.3) is 0 Å². The first kappa shape index (κ1) is 25.8. The molecule has 168 valence electrons. The average Bonchev–Trinajstić information content (AvgIpc) is 3.59. The van der Waals surface area contributed by atoms with Gasteiger partial charge in [0.15, 0.2) is 0 Å². The Bertz CT molecular complexity index is 452. The van der Waals surface area contributed by atoms with E-state index in [-0.39, 0.29) is 0 Å². The summed E-state index contributed by atoms with van der Waals surface area (Å²) in [6.45, 7) is 3.33. The first-order valence-corrected chi connectivity index (χ1v) is 12.1. The molecule has 0 N–H and O–H groups in total. The number of epoxide rings is 1. The van der Waals surface area contributed by atoms with Gasteiger partial charge in [-0.15, -0.1) is 0 Å². The Morgan fingerprint density at radius 3 is 1.52 bits per heavy atom. The molecular formula is C26H46O3. The highest BCUT2D eigenvalue weighted by Crippen LogP contribution is 2.19. The van der Waals surface area contributed by atoms with Crippen molar-refractivity contribution < 1.29 is 14.2 Å². The van der Waals surface area contributed by atoms with Crippen LogP contribution in [0.1, 0.15) is 103 Å². The summed E-state index contributed by atoms with van der Waals surface area (Å²) in [4.78, 5) is 0. The first-order valence-electron chi connectivity index (χ1n) is 12.1. The van der Waals surface area contributed by atoms with Crippen LogP contribution in [0, 0.1) is 0 Å². The molecule has 1 aromatic rings. The Balaban J connectivity index is 0.000000352. The predicted octanol–water partition coefficient (Wildman–Crippen LogP) is 7.96. The Morgan fingerprint density at radius 2 is 1.14 bits per heavy atom. The highest BCUT2D eigenvalue weighted by molar-refractivity contribution is 5.32. The first-order chi connectivity index (χ1) is 14.3. The number of unbranched alkanes of at least 4 members (excludes halogenated alkanes) is 13. The zero-order chi connectivity index (χ0) is 21.0. The van der Waals surface area contributed by atoms with E-state index in [1.54, 1.807) is 14.2 Å². The minimum absolute atomic E-state index is 0.650. The molecule has 0 aromatic heterocycles. The van der Waals surface area contributed by atoms with Gasteiger partial charge in [-0.05, 0) is 18.6 Å². The molecule has 29 heavy (non-hydrogen) atoms. The SMILES string of the molecule is CCCCCCCCCCCCCCCCC1CO1.COc1cccc(OC)c1. The van der Waals surface area contributed by atoms with Gasteiger partial charge in [0.05, 0.1) is 26.9 Å². The molecule has 1 atom stereocenters. The normalized spacial score (nSPS) is 14.8. The van der Waals surface area contributed by atoms with Gasteiger partial charge in [0.2, 0.25) is 0 Å². The Kier molecular flexibility index (Phi) is 16.7. The summed E-state index contributed by atoms with van der Waals surface area (Å²) in [5, 5.41) is 0. The van der Waals surface area contributed by atoms with Crippen molar-refractivity contribution in [1.82, 2.24) is 0 Å². The molecule has 3 nitrogen and oxygen atoms in total. The summed E-state index contributed by atoms with van der Waals surface area (Å²) >= 11 is 0. The largest absolute Gasteiger partial charge is 0.497 e. The lowest BCUT2D eigenvalue weighted by Gasteiger charge is -2.03. The van der Waals surface area contributed by atoms with E-state index >= 15 is 0 Å². The topological polar surface area (TPSA) is 31.0 Å². The van der Waals surface area contributed by atoms with E-state index in [0.717, 1.165) is 18.1 Å². The van der Waals surface area contributed by atoms with E-state index < -0.39 is 0 Å². The Morgan fingerprint density at radius 1 is 0.724 bits per heavy atom. The summed E-state index contributed by atoms with van der Waals surface area (Å²) in [6, 6.07) is 7.47. The molecule has 0 bridgehead atoms. The zero-order valence-electron chi connectivity index (χ0n) is 19.4. The zero-order valence-corrected chi connectivity index (χ0v) is 19.4. The number of rotatable bonds is 17. The number of hydrogen-bond donors (Lipinski definition) is 0. The number of benzene rings is 1. The molecule has 0 aliphatic carbocycles. The van der Waals surface area contributed by atoms with Crippen molar-refractivity contribution >= 4 is 0 Å². The molecule has 0 radical (unpaired) electrons. The summed E-state index contributed by atoms with van der Waals surface area (Å²) < 4.78 is 15.2. The second-order valence-corrected chi connectivity index (χ2v) is 8.22. The molecule has 0 spiro atoms. The molecule has 3 heteroatoms. The van der Waals surface area contributed by atoms with Crippen molar-refractivity contribution in [2.24, 2.45) is 0 Å². The van der Waals surface area contributed by atoms with E-state index in [1.807, 2.05) is 24.3 Å². The van der Waals surface area contributed by atoms with E-state index in [2.05, 4.69) is 6.92 Å². The van der Waals surface area contributed by atoms with Crippen LogP contribution in [0.4, 0.5) is 0 Å². The highest BCUT2D eigenvalue weighted by Gasteiger charge is 2.20. The standard InChI is InChI=1S/C18H36O.C8H10O2/c1-2-3-4-5-6-7-8-9-10-11-12-13-14-15-16-18-17-19-18;1-9-7-4-3-5-8(6-7)10-2/h18H,2-17H2,1H3;3-6H,1-2H3. The fourth-order valence-corrected chi connectivity index (χ4v) is 3.53. The minimum atomic E-state index is 0.650. The minimum Gasteiger partial charge on any atom is -0.497 e. The van der Waals surface area contributed by atoms with Gasteiger partial charge in [-0.1, -0.05) is 103 Å². The van der Waals surface area contributed by atoms with Crippen molar-refractivity contribution in [2.75, 3.05) is 20.8 Å². The molecule has 1 aromatic carbocycles. The number of ether oxygens (including phenoxy) is 3. The van der Waals surface area contributed by atoms with Crippen LogP contribution in [0.15, 0.2) is 24.3 Å². The maximum Gasteiger partial charge on any atom is 0.122 e. The van der Waals surface area contributed by atoms with Gasteiger partial charge in [-0.25, -0.2) is 0 Å². The highest BCUT2D eigenvalue weighted by atomic mass is 16.6. The molecule has 2 rings (SSSR count). The van der Waals surface area contributed by atoms with Crippen LogP contribution in [-0.4, -0.2) is 26.9 Å². The van der Waals surface area contributed by atoms with E-state index in [9.17, 15) is 0 Å². The summed E-state index contributed by atoms with van der Waals surface area (Å²) in [5.41, 5.74) is 0. The number of methoxy groups -OCH3 is 2. The third kappa shape index (κ3) is 16.3. The lowest BCUT2D eigenvalue weighted by atomic mass is 10.0. The number of hydrogen-bond acceptors (Lipinski definition) is 3. The maximum atomic E-state index is 5.22. The van der Waals surface area contributed by atoms with E-state index in [0.29, 0.717) is 6.10 Å². The molecule has 1 saturated heterocycles. The lowest BCUT2D eigenvalue weighted by molar-refractivity contribution is 0.387. The fourth-order valence-electron chi connectivity index (χ4n) is 3.53. The second kappa shape index (κ2) is 18.8. The van der Waals surface area contributed by atoms with Crippen molar-refractivity contribution in [2.45, 2.75) is 109 Å². The van der Waals surface area contributed by atoms with Crippen LogP contribution >= 0.6 is 0 Å². The quantitative estimate of drug-likeness (QED) is 0.194. The molecule has 1 aliphatic heterocycles. The van der Waals surface area contributed by atoms with E-state index in [4.69, 9.17) is 14.2 Å². The van der Waals surface area contributed by atoms with Crippen LogP contribution in [0.5, 0.6) is 11.5 Å². The molecular weight excluding hydrogens is 360 g/mol. The van der Waals surface area contributed by atoms with Crippen LogP contribution in [-0.2, 0) is 4.74 Å². The molecule has 0 amide bonds. The molecule has 1 unspecified atom stereocenters. The molecule has 1 heterocycles. The van der Waals surface area contributed by atoms with Gasteiger partial charge in [0, 0.05) is 6.07 Å². The van der Waals surface area contributed by atoms with Crippen molar-refractivity contribution in [1.29, 1.82) is 0 Å². The van der Waals surface area contributed by atoms with Gasteiger partial charge in [-0.3, -0.25) is 0 Å². The third-order valence-electron chi connectivity index (χ3n) is 5.56. The Labute approximate surface area is 180 Å². The third-order valence-corrected chi connectivity index (χ3v) is 5.56. The van der Waals surface area contributed by atoms with Crippen molar-refractivity contribution in [3.8, 4) is 11.5 Å². The second-order valence-electron chi connectivity index (χ2n) is 8.22. The van der Waals surface area contributed by atoms with Gasteiger partial charge in [0.25, 0.3) is 0 Å². The van der Waals surface area contributed by atoms with E-state index in [1.165, 1.54) is 96.3 Å². The average molecular weight is 407 g/mol. The lowest BCUT2D eigenvalue weighted by Crippen LogP contribution is -1.86. The van der Waals surface area contributed by atoms with Crippen LogP contribution in [0.3, 0.4) is 0 Å². The van der Waals surface area contributed by atoms with Gasteiger partial charge < -0.3 is 14.2 Å². The fraction of sp³-hybridized carbons (Fsp3) is 0.769.